The molecule has 0 aromatic heterocycles. The van der Waals surface area contributed by atoms with E-state index in [2.05, 4.69) is 52.6 Å². The number of carboxylic acid groups (broad SMARTS) is 1. The largest absolute Gasteiger partial charge is 0.472 e. The van der Waals surface area contributed by atoms with Gasteiger partial charge in [0.15, 0.2) is 13.9 Å². The van der Waals surface area contributed by atoms with E-state index in [1.807, 2.05) is 0 Å². The van der Waals surface area contributed by atoms with Gasteiger partial charge in [-0.15, -0.1) is 0 Å². The Labute approximate surface area is 210 Å². The Bertz CT molecular complexity index is 1070. The molecule has 0 aromatic carbocycles. The molecular formula is C29H42O5Si. The third-order valence-corrected chi connectivity index (χ3v) is 17.4. The van der Waals surface area contributed by atoms with E-state index in [0.29, 0.717) is 41.4 Å². The van der Waals surface area contributed by atoms with Gasteiger partial charge in [-0.25, -0.2) is 4.79 Å². The molecule has 192 valence electrons. The fourth-order valence-electron chi connectivity index (χ4n) is 10.2. The van der Waals surface area contributed by atoms with Crippen molar-refractivity contribution in [3.63, 3.8) is 0 Å². The van der Waals surface area contributed by atoms with Crippen LogP contribution in [0.3, 0.4) is 0 Å². The molecule has 1 heterocycles. The molecule has 6 heteroatoms. The lowest BCUT2D eigenvalue weighted by molar-refractivity contribution is -0.221. The zero-order chi connectivity index (χ0) is 25.0. The molecule has 1 aliphatic heterocycles. The van der Waals surface area contributed by atoms with Crippen molar-refractivity contribution in [2.45, 2.75) is 114 Å². The predicted octanol–water partition coefficient (Wildman–Crippen LogP) is 4.84. The van der Waals surface area contributed by atoms with Gasteiger partial charge in [-0.1, -0.05) is 33.6 Å². The highest BCUT2D eigenvalue weighted by molar-refractivity contribution is 6.74. The van der Waals surface area contributed by atoms with Crippen molar-refractivity contribution in [3.8, 4) is 11.8 Å². The van der Waals surface area contributed by atoms with Crippen LogP contribution in [-0.2, 0) is 14.0 Å². The summed E-state index contributed by atoms with van der Waals surface area (Å²) in [6.45, 7) is 14.0. The van der Waals surface area contributed by atoms with Crippen LogP contribution in [0.25, 0.3) is 0 Å². The molecule has 2 N–H and O–H groups in total. The molecule has 0 radical (unpaired) electrons. The standard InChI is InChI=1S/C29H42O5Si/c1-25(2,3)35(5,6)33-16-7-10-26(4)19-8-11-29-24(23(19)17-13-20(17)27(26,32)15-16)18-14-21(18)28(29,34-29)12-9-22(30)31/h16-21,23-24,32H,7-8,10-11,13-15H2,1-6H3,(H,30,31)/t16-,17-,18+,19?,20+,21-,23?,24?,26+,27+,28-,29+/m0/s1. The number of hydrogen-bond donors (Lipinski definition) is 2. The van der Waals surface area contributed by atoms with Crippen LogP contribution in [0.15, 0.2) is 0 Å². The highest BCUT2D eigenvalue weighted by atomic mass is 28.4. The van der Waals surface area contributed by atoms with Gasteiger partial charge < -0.3 is 19.4 Å². The van der Waals surface area contributed by atoms with E-state index in [1.165, 1.54) is 0 Å². The van der Waals surface area contributed by atoms with Gasteiger partial charge in [0.25, 0.3) is 0 Å². The molecular weight excluding hydrogens is 456 g/mol. The monoisotopic (exact) mass is 498 g/mol. The van der Waals surface area contributed by atoms with Crippen molar-refractivity contribution in [2.75, 3.05) is 0 Å². The lowest BCUT2D eigenvalue weighted by Gasteiger charge is -2.63. The molecule has 6 saturated carbocycles. The molecule has 7 rings (SSSR count). The van der Waals surface area contributed by atoms with E-state index in [-0.39, 0.29) is 22.2 Å². The van der Waals surface area contributed by atoms with E-state index in [1.54, 1.807) is 0 Å². The summed E-state index contributed by atoms with van der Waals surface area (Å²) in [6.07, 6.45) is 7.41. The van der Waals surface area contributed by atoms with Gasteiger partial charge in [-0.05, 0) is 97.6 Å². The Kier molecular flexibility index (Phi) is 4.25. The Morgan fingerprint density at radius 1 is 1.09 bits per heavy atom. The van der Waals surface area contributed by atoms with Crippen molar-refractivity contribution in [1.82, 2.24) is 0 Å². The average molecular weight is 499 g/mol. The van der Waals surface area contributed by atoms with Crippen LogP contribution in [0, 0.1) is 58.7 Å². The molecule has 3 unspecified atom stereocenters. The minimum absolute atomic E-state index is 0.0680. The summed E-state index contributed by atoms with van der Waals surface area (Å²) >= 11 is 0. The van der Waals surface area contributed by atoms with E-state index < -0.39 is 25.5 Å². The maximum absolute atomic E-state index is 12.5. The summed E-state index contributed by atoms with van der Waals surface area (Å²) in [5.74, 6) is 8.17. The molecule has 0 aromatic rings. The number of hydrogen-bond acceptors (Lipinski definition) is 4. The summed E-state index contributed by atoms with van der Waals surface area (Å²) in [5.41, 5.74) is -1.38. The number of carbonyl (C=O) groups is 1. The number of carboxylic acids is 1. The lowest BCUT2D eigenvalue weighted by atomic mass is 9.44. The molecule has 5 nitrogen and oxygen atoms in total. The summed E-state index contributed by atoms with van der Waals surface area (Å²) in [7, 11) is -1.88. The van der Waals surface area contributed by atoms with E-state index in [4.69, 9.17) is 9.16 Å². The number of epoxide rings is 1. The number of rotatable bonds is 2. The van der Waals surface area contributed by atoms with Crippen LogP contribution in [0.5, 0.6) is 0 Å². The van der Waals surface area contributed by atoms with Gasteiger partial charge >= 0.3 is 5.97 Å². The van der Waals surface area contributed by atoms with Gasteiger partial charge in [0.1, 0.15) is 5.60 Å². The molecule has 12 atom stereocenters. The fourth-order valence-corrected chi connectivity index (χ4v) is 11.6. The number of aliphatic hydroxyl groups is 1. The molecule has 0 amide bonds. The topological polar surface area (TPSA) is 79.3 Å². The molecule has 1 saturated heterocycles. The minimum Gasteiger partial charge on any atom is -0.472 e. The lowest BCUT2D eigenvalue weighted by Crippen LogP contribution is -2.65. The van der Waals surface area contributed by atoms with E-state index in [0.717, 1.165) is 44.9 Å². The first kappa shape index (κ1) is 23.3. The number of fused-ring (bicyclic) bond motifs is 10. The number of ether oxygens (including phenoxy) is 1. The first-order valence-electron chi connectivity index (χ1n) is 14.1. The van der Waals surface area contributed by atoms with E-state index in [9.17, 15) is 15.0 Å². The zero-order valence-electron chi connectivity index (χ0n) is 22.2. The van der Waals surface area contributed by atoms with Crippen molar-refractivity contribution >= 4 is 14.3 Å². The Hall–Kier alpha value is -0.873. The molecule has 0 bridgehead atoms. The molecule has 1 spiro atoms. The van der Waals surface area contributed by atoms with Crippen molar-refractivity contribution in [1.29, 1.82) is 0 Å². The minimum atomic E-state index is -1.88. The van der Waals surface area contributed by atoms with Gasteiger partial charge in [-0.2, -0.15) is 0 Å². The smallest absolute Gasteiger partial charge is 0.382 e. The third-order valence-electron chi connectivity index (χ3n) is 12.9. The van der Waals surface area contributed by atoms with Gasteiger partial charge in [0, 0.05) is 24.4 Å². The summed E-state index contributed by atoms with van der Waals surface area (Å²) in [5, 5.41) is 21.9. The normalized spacial score (nSPS) is 56.7. The molecule has 7 aliphatic rings. The average Bonchev–Trinajstić information content (AvgIpc) is 3.64. The van der Waals surface area contributed by atoms with Crippen LogP contribution in [0.1, 0.15) is 72.6 Å². The first-order chi connectivity index (χ1) is 16.2. The van der Waals surface area contributed by atoms with Gasteiger partial charge in [0.05, 0.1) is 5.60 Å². The Balaban J connectivity index is 1.17. The fraction of sp³-hybridized carbons (Fsp3) is 0.897. The van der Waals surface area contributed by atoms with Crippen LogP contribution in [-0.4, -0.2) is 47.4 Å². The zero-order valence-corrected chi connectivity index (χ0v) is 23.2. The van der Waals surface area contributed by atoms with Crippen LogP contribution >= 0.6 is 0 Å². The van der Waals surface area contributed by atoms with Crippen LogP contribution < -0.4 is 0 Å². The quantitative estimate of drug-likeness (QED) is 0.324. The first-order valence-corrected chi connectivity index (χ1v) is 17.0. The van der Waals surface area contributed by atoms with Crippen molar-refractivity contribution < 1.29 is 24.2 Å². The SMILES string of the molecule is CC(C)(C)[Si](C)(C)O[C@H]1CC[C@]2(C)C3CC[C@]45O[C@@]4(C#CC(=O)O)[C@H]4C[C@H]4C5C3[C@H]3C[C@H]3[C@]2(O)C1. The number of aliphatic carboxylic acids is 1. The van der Waals surface area contributed by atoms with Crippen molar-refractivity contribution in [3.05, 3.63) is 0 Å². The second-order valence-corrected chi connectivity index (χ2v) is 19.9. The second-order valence-electron chi connectivity index (χ2n) is 15.1. The molecule has 7 fully saturated rings. The van der Waals surface area contributed by atoms with Crippen molar-refractivity contribution in [2.24, 2.45) is 46.8 Å². The highest BCUT2D eigenvalue weighted by Crippen LogP contribution is 2.85. The van der Waals surface area contributed by atoms with Crippen LogP contribution in [0.4, 0.5) is 0 Å². The predicted molar refractivity (Wildman–Crippen MR) is 134 cm³/mol. The van der Waals surface area contributed by atoms with Gasteiger partial charge in [0.2, 0.25) is 0 Å². The van der Waals surface area contributed by atoms with Gasteiger partial charge in [-0.3, -0.25) is 0 Å². The summed E-state index contributed by atoms with van der Waals surface area (Å²) < 4.78 is 13.4. The maximum atomic E-state index is 12.5. The van der Waals surface area contributed by atoms with Crippen LogP contribution in [0.2, 0.25) is 18.1 Å². The summed E-state index contributed by atoms with van der Waals surface area (Å²) in [4.78, 5) is 11.2. The Morgan fingerprint density at radius 3 is 2.49 bits per heavy atom. The Morgan fingerprint density at radius 2 is 1.80 bits per heavy atom. The molecule has 6 aliphatic carbocycles. The second kappa shape index (κ2) is 6.39. The van der Waals surface area contributed by atoms with E-state index >= 15 is 0 Å². The third kappa shape index (κ3) is 2.65. The summed E-state index contributed by atoms with van der Waals surface area (Å²) in [6, 6.07) is 0. The maximum Gasteiger partial charge on any atom is 0.382 e. The highest BCUT2D eigenvalue weighted by Gasteiger charge is 2.91. The molecule has 35 heavy (non-hydrogen) atoms.